The van der Waals surface area contributed by atoms with Gasteiger partial charge in [0, 0.05) is 69.0 Å². The summed E-state index contributed by atoms with van der Waals surface area (Å²) in [7, 11) is 1.56. The second kappa shape index (κ2) is 28.2. The Hall–Kier alpha value is -6.37. The number of nitro benzene ring substituents is 2. The van der Waals surface area contributed by atoms with Gasteiger partial charge in [0.15, 0.2) is 0 Å². The normalized spacial score (nSPS) is 21.2. The molecule has 6 atom stereocenters. The highest BCUT2D eigenvalue weighted by atomic mass is 16.7. The number of amides is 2. The van der Waals surface area contributed by atoms with Crippen molar-refractivity contribution in [3.63, 3.8) is 0 Å². The molecule has 1 saturated carbocycles. The Balaban J connectivity index is 1.38. The van der Waals surface area contributed by atoms with Crippen molar-refractivity contribution in [2.24, 2.45) is 22.9 Å². The summed E-state index contributed by atoms with van der Waals surface area (Å²) < 4.78 is 25.9. The molecule has 0 saturated heterocycles. The maximum Gasteiger partial charge on any atom is 0.415 e. The van der Waals surface area contributed by atoms with E-state index in [-0.39, 0.29) is 61.8 Å². The van der Waals surface area contributed by atoms with Crippen LogP contribution in [0.5, 0.6) is 17.2 Å². The molecule has 1 fully saturated rings. The molecule has 0 bridgehead atoms. The number of hydrogen-bond donors (Lipinski definition) is 3. The molecular weight excluding hydrogens is 939 g/mol. The van der Waals surface area contributed by atoms with Gasteiger partial charge in [-0.05, 0) is 97.5 Å². The van der Waals surface area contributed by atoms with Crippen LogP contribution in [0.25, 0.3) is 0 Å². The Bertz CT molecular complexity index is 2360. The number of non-ortho nitro benzene ring substituents is 2. The largest absolute Gasteiger partial charge is 0.459 e. The third-order valence-electron chi connectivity index (χ3n) is 14.2. The van der Waals surface area contributed by atoms with Crippen LogP contribution in [0.1, 0.15) is 133 Å². The summed E-state index contributed by atoms with van der Waals surface area (Å²) in [5.74, 6) is -2.12. The molecule has 2 amide bonds. The quantitative estimate of drug-likeness (QED) is 0.0244. The van der Waals surface area contributed by atoms with Crippen molar-refractivity contribution in [2.45, 2.75) is 140 Å². The first-order chi connectivity index (χ1) is 35.4. The van der Waals surface area contributed by atoms with Gasteiger partial charge in [-0.1, -0.05) is 94.9 Å². The Morgan fingerprint density at radius 3 is 2.08 bits per heavy atom. The van der Waals surface area contributed by atoms with Crippen molar-refractivity contribution in [1.82, 2.24) is 10.2 Å². The van der Waals surface area contributed by atoms with Crippen LogP contribution >= 0.6 is 0 Å². The van der Waals surface area contributed by atoms with Crippen molar-refractivity contribution in [3.8, 4) is 17.2 Å². The van der Waals surface area contributed by atoms with E-state index in [1.165, 1.54) is 86.2 Å². The number of hydrogen-bond acceptors (Lipinski definition) is 14. The Labute approximate surface area is 428 Å². The Morgan fingerprint density at radius 1 is 0.836 bits per heavy atom. The minimum atomic E-state index is -1.63. The zero-order valence-corrected chi connectivity index (χ0v) is 42.3. The van der Waals surface area contributed by atoms with E-state index < -0.39 is 45.7 Å². The standard InChI is InChI=1S/C55H73N5O13/c1-4-6-7-8-9-10-11-12-13-16-31-56-53(63)71-44-29-30-49-47(36-44)51-45(20-15-18-33-62)40(19-14-17-32-61)35-46-48(57-70-38-39-21-23-41(24-22-39)59(65)66)37-50(55(73-49,52(46)51)69-34-5-2)58(3)54(64)72-43-27-25-42(26-28-43)60(67)68/h5,21-30,35-36,40,45,50-52,61-62H,2,4,6-20,31-34,37-38H2,1,3H3,(H,56,63). The number of allylic oxidation sites excluding steroid dienone is 1. The number of nitrogens with zero attached hydrogens (tertiary/aromatic N) is 4. The maximum atomic E-state index is 14.4. The number of nitrogens with one attached hydrogen (secondary N) is 1. The van der Waals surface area contributed by atoms with E-state index in [0.29, 0.717) is 67.8 Å². The lowest BCUT2D eigenvalue weighted by Crippen LogP contribution is -2.69. The molecule has 3 N–H and O–H groups in total. The van der Waals surface area contributed by atoms with E-state index in [4.69, 9.17) is 28.9 Å². The molecule has 0 aromatic heterocycles. The van der Waals surface area contributed by atoms with Crippen LogP contribution in [-0.4, -0.2) is 88.1 Å². The van der Waals surface area contributed by atoms with E-state index in [0.717, 1.165) is 30.4 Å². The molecule has 396 valence electrons. The molecule has 1 heterocycles. The first-order valence-electron chi connectivity index (χ1n) is 26.0. The second-order valence-electron chi connectivity index (χ2n) is 19.2. The third-order valence-corrected chi connectivity index (χ3v) is 14.2. The number of carbonyl (C=O) groups is 2. The fourth-order valence-electron chi connectivity index (χ4n) is 10.6. The number of nitro groups is 2. The molecule has 0 radical (unpaired) electrons. The van der Waals surface area contributed by atoms with Gasteiger partial charge in [0.2, 0.25) is 5.79 Å². The SMILES string of the molecule is C=CCOC12Oc3ccc(OC(=O)NCCCCCCCCCCCC)cc3C3C(CCCCO)C(CCCCO)C=C(C(=NOCc4ccc([N+](=O)[O-])cc4)CC1N(C)C(=O)Oc1ccc([N+](=O)[O-])cc1)C32. The second-order valence-corrected chi connectivity index (χ2v) is 19.2. The number of aliphatic hydroxyl groups is 2. The van der Waals surface area contributed by atoms with Crippen LogP contribution in [0.3, 0.4) is 0 Å². The van der Waals surface area contributed by atoms with E-state index in [1.54, 1.807) is 37.4 Å². The number of likely N-dealkylation sites (N-methyl/N-ethyl adjacent to an activating group) is 1. The predicted octanol–water partition coefficient (Wildman–Crippen LogP) is 11.5. The van der Waals surface area contributed by atoms with Crippen LogP contribution in [0.15, 0.2) is 96.2 Å². The van der Waals surface area contributed by atoms with Gasteiger partial charge < -0.3 is 44.2 Å². The van der Waals surface area contributed by atoms with Crippen molar-refractivity contribution in [1.29, 1.82) is 0 Å². The lowest BCUT2D eigenvalue weighted by atomic mass is 9.55. The predicted molar refractivity (Wildman–Crippen MR) is 276 cm³/mol. The van der Waals surface area contributed by atoms with Crippen molar-refractivity contribution >= 4 is 29.3 Å². The van der Waals surface area contributed by atoms with Crippen LogP contribution in [0.4, 0.5) is 21.0 Å². The van der Waals surface area contributed by atoms with Gasteiger partial charge >= 0.3 is 12.2 Å². The maximum absolute atomic E-state index is 14.4. The zero-order valence-electron chi connectivity index (χ0n) is 42.3. The molecule has 3 aromatic carbocycles. The van der Waals surface area contributed by atoms with Gasteiger partial charge in [0.05, 0.1) is 28.1 Å². The lowest BCUT2D eigenvalue weighted by Gasteiger charge is -2.59. The topological polar surface area (TPSA) is 235 Å². The number of rotatable bonds is 30. The third kappa shape index (κ3) is 14.9. The van der Waals surface area contributed by atoms with Gasteiger partial charge in [0.25, 0.3) is 11.4 Å². The van der Waals surface area contributed by atoms with Gasteiger partial charge in [-0.3, -0.25) is 20.2 Å². The summed E-state index contributed by atoms with van der Waals surface area (Å²) in [5, 5.41) is 50.4. The highest BCUT2D eigenvalue weighted by Gasteiger charge is 2.65. The molecule has 3 aliphatic rings. The molecule has 73 heavy (non-hydrogen) atoms. The monoisotopic (exact) mass is 1010 g/mol. The number of aliphatic hydroxyl groups excluding tert-OH is 2. The number of fused-ring (bicyclic) bond motifs is 2. The summed E-state index contributed by atoms with van der Waals surface area (Å²) >= 11 is 0. The fourth-order valence-corrected chi connectivity index (χ4v) is 10.6. The number of benzene rings is 3. The first-order valence-corrected chi connectivity index (χ1v) is 26.0. The number of oxime groups is 1. The molecule has 18 nitrogen and oxygen atoms in total. The molecule has 2 aliphatic carbocycles. The average molecular weight is 1010 g/mol. The average Bonchev–Trinajstić information content (AvgIpc) is 3.38. The van der Waals surface area contributed by atoms with Crippen molar-refractivity contribution < 1.29 is 53.4 Å². The Morgan fingerprint density at radius 2 is 1.45 bits per heavy atom. The van der Waals surface area contributed by atoms with Crippen LogP contribution in [-0.2, 0) is 16.2 Å². The first kappa shape index (κ1) is 55.9. The summed E-state index contributed by atoms with van der Waals surface area (Å²) in [4.78, 5) is 57.0. The molecule has 0 spiro atoms. The Kier molecular flexibility index (Phi) is 21.6. The van der Waals surface area contributed by atoms with E-state index in [2.05, 4.69) is 24.9 Å². The minimum Gasteiger partial charge on any atom is -0.459 e. The fraction of sp³-hybridized carbons (Fsp3) is 0.545. The number of unbranched alkanes of at least 4 members (excludes halogenated alkanes) is 11. The van der Waals surface area contributed by atoms with Gasteiger partial charge in [-0.2, -0.15) is 0 Å². The van der Waals surface area contributed by atoms with Crippen LogP contribution in [0.2, 0.25) is 0 Å². The highest BCUT2D eigenvalue weighted by Crippen LogP contribution is 2.62. The smallest absolute Gasteiger partial charge is 0.415 e. The van der Waals surface area contributed by atoms with E-state index in [1.807, 2.05) is 6.07 Å². The molecule has 18 heteroatoms. The van der Waals surface area contributed by atoms with Crippen molar-refractivity contribution in [3.05, 3.63) is 122 Å². The van der Waals surface area contributed by atoms with Crippen LogP contribution in [0, 0.1) is 38.0 Å². The van der Waals surface area contributed by atoms with E-state index in [9.17, 15) is 40.0 Å². The molecular formula is C55H73N5O13. The van der Waals surface area contributed by atoms with Crippen molar-refractivity contribution in [2.75, 3.05) is 33.4 Å². The highest BCUT2D eigenvalue weighted by molar-refractivity contribution is 6.03. The van der Waals surface area contributed by atoms with Gasteiger partial charge in [-0.25, -0.2) is 9.59 Å². The summed E-state index contributed by atoms with van der Waals surface area (Å²) in [5.41, 5.74) is 2.38. The number of carbonyl (C=O) groups excluding carboxylic acids is 2. The molecule has 6 rings (SSSR count). The lowest BCUT2D eigenvalue weighted by molar-refractivity contribution is -0.385. The van der Waals surface area contributed by atoms with Gasteiger partial charge in [0.1, 0.15) is 29.9 Å². The summed E-state index contributed by atoms with van der Waals surface area (Å²) in [6.45, 7) is 6.66. The van der Waals surface area contributed by atoms with Crippen LogP contribution < -0.4 is 19.5 Å². The van der Waals surface area contributed by atoms with E-state index >= 15 is 0 Å². The molecule has 1 aliphatic heterocycles. The zero-order chi connectivity index (χ0) is 52.2. The summed E-state index contributed by atoms with van der Waals surface area (Å²) in [6.07, 6.45) is 18.1. The number of ether oxygens (including phenoxy) is 4. The molecule has 3 aromatic rings. The minimum absolute atomic E-state index is 0.00202. The summed E-state index contributed by atoms with van der Waals surface area (Å²) in [6, 6.07) is 15.4. The van der Waals surface area contributed by atoms with Gasteiger partial charge in [-0.15, -0.1) is 6.58 Å². The molecule has 6 unspecified atom stereocenters.